The molecule has 8 nitrogen and oxygen atoms in total. The Morgan fingerprint density at radius 1 is 1.12 bits per heavy atom. The quantitative estimate of drug-likeness (QED) is 0.395. The smallest absolute Gasteiger partial charge is 0.496 e. The number of para-hydroxylation sites is 2. The van der Waals surface area contributed by atoms with E-state index < -0.39 is 17.8 Å². The zero-order valence-corrected chi connectivity index (χ0v) is 18.1. The summed E-state index contributed by atoms with van der Waals surface area (Å²) >= 11 is 0. The van der Waals surface area contributed by atoms with E-state index in [1.54, 1.807) is 26.0 Å². The Bertz CT molecular complexity index is 1600. The fourth-order valence-corrected chi connectivity index (χ4v) is 4.12. The number of aryl methyl sites for hydroxylation is 2. The Morgan fingerprint density at radius 3 is 2.56 bits per heavy atom. The molecule has 0 radical (unpaired) electrons. The normalized spacial score (nSPS) is 11.9. The number of alkyl halides is 3. The molecule has 0 aliphatic rings. The summed E-state index contributed by atoms with van der Waals surface area (Å²) < 4.78 is 55.3. The summed E-state index contributed by atoms with van der Waals surface area (Å²) in [5.74, 6) is 0.534. The lowest BCUT2D eigenvalue weighted by molar-refractivity contribution is -0.274. The molecular weight excluding hydrogens is 453 g/mol. The standard InChI is InChI=1S/C23H17F3N4O4/c1-11-20(12(2)34-29-11)14-8-15-13(9-19(14)32-3)21-16(10-27-15)28-22(31)30(21)17-6-4-5-7-18(17)33-23(24,25)26/h4-10H,1-3H3,(H,28,31). The summed E-state index contributed by atoms with van der Waals surface area (Å²) in [7, 11) is 1.49. The van der Waals surface area contributed by atoms with E-state index in [-0.39, 0.29) is 5.69 Å². The summed E-state index contributed by atoms with van der Waals surface area (Å²) in [4.78, 5) is 20.0. The molecule has 34 heavy (non-hydrogen) atoms. The van der Waals surface area contributed by atoms with Crippen molar-refractivity contribution in [1.29, 1.82) is 0 Å². The number of aromatic amines is 1. The molecule has 0 spiro atoms. The lowest BCUT2D eigenvalue weighted by Crippen LogP contribution is -2.21. The van der Waals surface area contributed by atoms with Crippen molar-refractivity contribution >= 4 is 21.9 Å². The maximum atomic E-state index is 13.0. The minimum Gasteiger partial charge on any atom is -0.496 e. The van der Waals surface area contributed by atoms with Crippen LogP contribution in [0.3, 0.4) is 0 Å². The molecule has 0 saturated heterocycles. The number of methoxy groups -OCH3 is 1. The first kappa shape index (κ1) is 21.6. The largest absolute Gasteiger partial charge is 0.573 e. The van der Waals surface area contributed by atoms with E-state index in [0.29, 0.717) is 44.7 Å². The first-order valence-electron chi connectivity index (χ1n) is 10.1. The molecule has 0 saturated carbocycles. The number of rotatable bonds is 4. The minimum absolute atomic E-state index is 0.0719. The van der Waals surface area contributed by atoms with E-state index in [0.717, 1.165) is 16.2 Å². The van der Waals surface area contributed by atoms with Crippen LogP contribution in [0, 0.1) is 13.8 Å². The van der Waals surface area contributed by atoms with E-state index >= 15 is 0 Å². The zero-order valence-electron chi connectivity index (χ0n) is 18.1. The minimum atomic E-state index is -4.93. The summed E-state index contributed by atoms with van der Waals surface area (Å²) in [5.41, 5.74) is 2.54. The molecule has 0 aliphatic heterocycles. The van der Waals surface area contributed by atoms with Gasteiger partial charge in [-0.2, -0.15) is 0 Å². The molecule has 5 aromatic rings. The predicted molar refractivity (Wildman–Crippen MR) is 117 cm³/mol. The number of H-pyrrole nitrogens is 1. The van der Waals surface area contributed by atoms with Gasteiger partial charge in [0.1, 0.15) is 11.5 Å². The highest BCUT2D eigenvalue weighted by Gasteiger charge is 2.33. The SMILES string of the molecule is COc1cc2c(cc1-c1c(C)noc1C)ncc1[nH]c(=O)n(-c3ccccc3OC(F)(F)F)c12. The second-order valence-corrected chi connectivity index (χ2v) is 7.57. The summed E-state index contributed by atoms with van der Waals surface area (Å²) in [6, 6.07) is 8.88. The molecule has 2 aromatic carbocycles. The van der Waals surface area contributed by atoms with Crippen LogP contribution < -0.4 is 15.2 Å². The van der Waals surface area contributed by atoms with Crippen molar-refractivity contribution in [1.82, 2.24) is 19.7 Å². The van der Waals surface area contributed by atoms with Crippen molar-refractivity contribution in [2.75, 3.05) is 7.11 Å². The Labute approximate surface area is 189 Å². The molecule has 3 heterocycles. The third-order valence-electron chi connectivity index (χ3n) is 5.46. The van der Waals surface area contributed by atoms with Crippen LogP contribution in [0.2, 0.25) is 0 Å². The van der Waals surface area contributed by atoms with E-state index in [1.165, 1.54) is 31.5 Å². The number of fused-ring (bicyclic) bond motifs is 3. The number of ether oxygens (including phenoxy) is 2. The molecule has 0 aliphatic carbocycles. The van der Waals surface area contributed by atoms with Gasteiger partial charge in [0.05, 0.1) is 46.8 Å². The van der Waals surface area contributed by atoms with Crippen LogP contribution in [-0.2, 0) is 0 Å². The number of halogens is 3. The van der Waals surface area contributed by atoms with Crippen molar-refractivity contribution < 1.29 is 27.2 Å². The van der Waals surface area contributed by atoms with Gasteiger partial charge in [-0.15, -0.1) is 13.2 Å². The van der Waals surface area contributed by atoms with Gasteiger partial charge < -0.3 is 19.0 Å². The maximum Gasteiger partial charge on any atom is 0.573 e. The van der Waals surface area contributed by atoms with Crippen LogP contribution in [-0.4, -0.2) is 33.2 Å². The Balaban J connectivity index is 1.83. The van der Waals surface area contributed by atoms with Gasteiger partial charge in [0.2, 0.25) is 0 Å². The fraction of sp³-hybridized carbons (Fsp3) is 0.174. The van der Waals surface area contributed by atoms with E-state index in [1.807, 2.05) is 0 Å². The van der Waals surface area contributed by atoms with Gasteiger partial charge in [-0.3, -0.25) is 9.55 Å². The van der Waals surface area contributed by atoms with Gasteiger partial charge in [0.25, 0.3) is 0 Å². The molecule has 1 N–H and O–H groups in total. The Morgan fingerprint density at radius 2 is 1.88 bits per heavy atom. The maximum absolute atomic E-state index is 13.0. The molecule has 174 valence electrons. The van der Waals surface area contributed by atoms with Crippen LogP contribution in [0.1, 0.15) is 11.5 Å². The van der Waals surface area contributed by atoms with E-state index in [9.17, 15) is 18.0 Å². The third kappa shape index (κ3) is 3.45. The first-order chi connectivity index (χ1) is 16.2. The monoisotopic (exact) mass is 470 g/mol. The lowest BCUT2D eigenvalue weighted by atomic mass is 10.0. The number of hydrogen-bond acceptors (Lipinski definition) is 6. The van der Waals surface area contributed by atoms with Crippen LogP contribution in [0.25, 0.3) is 38.8 Å². The topological polar surface area (TPSA) is 95.2 Å². The van der Waals surface area contributed by atoms with E-state index in [4.69, 9.17) is 9.26 Å². The second-order valence-electron chi connectivity index (χ2n) is 7.57. The van der Waals surface area contributed by atoms with Crippen LogP contribution in [0.4, 0.5) is 13.2 Å². The number of nitrogens with one attached hydrogen (secondary N) is 1. The lowest BCUT2D eigenvalue weighted by Gasteiger charge is -2.15. The average molecular weight is 470 g/mol. The number of aromatic nitrogens is 4. The van der Waals surface area contributed by atoms with Crippen molar-refractivity contribution in [3.8, 4) is 28.3 Å². The Hall–Kier alpha value is -4.28. The van der Waals surface area contributed by atoms with Crippen LogP contribution in [0.5, 0.6) is 11.5 Å². The summed E-state index contributed by atoms with van der Waals surface area (Å²) in [5, 5.41) is 4.48. The number of hydrogen-bond donors (Lipinski definition) is 1. The number of nitrogens with zero attached hydrogens (tertiary/aromatic N) is 3. The molecule has 3 aromatic heterocycles. The van der Waals surface area contributed by atoms with Gasteiger partial charge >= 0.3 is 12.1 Å². The second kappa shape index (κ2) is 7.65. The number of imidazole rings is 1. The average Bonchev–Trinajstić information content (AvgIpc) is 3.30. The highest BCUT2D eigenvalue weighted by molar-refractivity contribution is 6.05. The molecular formula is C23H17F3N4O4. The molecule has 0 atom stereocenters. The molecule has 0 bridgehead atoms. The Kier molecular flexibility index (Phi) is 4.85. The van der Waals surface area contributed by atoms with Crippen molar-refractivity contribution in [3.05, 3.63) is 64.5 Å². The van der Waals surface area contributed by atoms with Gasteiger partial charge in [-0.05, 0) is 38.1 Å². The first-order valence-corrected chi connectivity index (χ1v) is 10.1. The molecule has 0 fully saturated rings. The highest BCUT2D eigenvalue weighted by Crippen LogP contribution is 2.39. The molecule has 5 rings (SSSR count). The number of pyridine rings is 1. The summed E-state index contributed by atoms with van der Waals surface area (Å²) in [6.07, 6.45) is -3.48. The summed E-state index contributed by atoms with van der Waals surface area (Å²) in [6.45, 7) is 3.57. The van der Waals surface area contributed by atoms with E-state index in [2.05, 4.69) is 19.9 Å². The van der Waals surface area contributed by atoms with Gasteiger partial charge in [0.15, 0.2) is 5.75 Å². The van der Waals surface area contributed by atoms with Crippen LogP contribution in [0.15, 0.2) is 51.9 Å². The van der Waals surface area contributed by atoms with Gasteiger partial charge in [-0.25, -0.2) is 4.79 Å². The van der Waals surface area contributed by atoms with Gasteiger partial charge in [0, 0.05) is 10.9 Å². The third-order valence-corrected chi connectivity index (χ3v) is 5.46. The fourth-order valence-electron chi connectivity index (χ4n) is 4.12. The molecule has 0 amide bonds. The predicted octanol–water partition coefficient (Wildman–Crippen LogP) is 5.05. The highest BCUT2D eigenvalue weighted by atomic mass is 19.4. The molecule has 0 unspecified atom stereocenters. The van der Waals surface area contributed by atoms with Crippen molar-refractivity contribution in [3.63, 3.8) is 0 Å². The van der Waals surface area contributed by atoms with Crippen molar-refractivity contribution in [2.24, 2.45) is 0 Å². The zero-order chi connectivity index (χ0) is 24.2. The van der Waals surface area contributed by atoms with Crippen LogP contribution >= 0.6 is 0 Å². The van der Waals surface area contributed by atoms with Crippen molar-refractivity contribution in [2.45, 2.75) is 20.2 Å². The molecule has 11 heteroatoms. The number of benzene rings is 2. The van der Waals surface area contributed by atoms with Gasteiger partial charge in [-0.1, -0.05) is 17.3 Å².